The van der Waals surface area contributed by atoms with Gasteiger partial charge in [0.25, 0.3) is 0 Å². The number of likely N-dealkylation sites (N-methyl/N-ethyl adjacent to an activating group) is 2. The minimum Gasteiger partial charge on any atom is -0.331 e. The smallest absolute Gasteiger partial charge is 0.331 e. The van der Waals surface area contributed by atoms with Gasteiger partial charge >= 0.3 is 12.1 Å². The Bertz CT molecular complexity index is 216. The van der Waals surface area contributed by atoms with Gasteiger partial charge in [-0.15, -0.1) is 0 Å². The van der Waals surface area contributed by atoms with Gasteiger partial charge in [0.2, 0.25) is 0 Å². The van der Waals surface area contributed by atoms with E-state index in [1.165, 1.54) is 6.92 Å². The average molecular weight is 226 g/mol. The molecule has 0 aromatic carbocycles. The first-order valence-corrected chi connectivity index (χ1v) is 4.72. The molecule has 15 heavy (non-hydrogen) atoms. The van der Waals surface area contributed by atoms with Crippen molar-refractivity contribution in [1.82, 2.24) is 9.80 Å². The van der Waals surface area contributed by atoms with Crippen LogP contribution in [0.3, 0.4) is 0 Å². The molecule has 0 spiro atoms. The Morgan fingerprint density at radius 2 is 1.80 bits per heavy atom. The molecule has 90 valence electrons. The molecule has 0 rings (SSSR count). The molecule has 0 bridgehead atoms. The highest BCUT2D eigenvalue weighted by molar-refractivity contribution is 5.82. The SMILES string of the molecule is CCN(C(=O)C(F)(F)F)C(C)CN(C)C. The van der Waals surface area contributed by atoms with E-state index in [0.717, 1.165) is 4.90 Å². The Morgan fingerprint density at radius 3 is 2.07 bits per heavy atom. The number of alkyl halides is 3. The zero-order valence-corrected chi connectivity index (χ0v) is 9.43. The summed E-state index contributed by atoms with van der Waals surface area (Å²) >= 11 is 0. The Kier molecular flexibility index (Phi) is 5.07. The van der Waals surface area contributed by atoms with E-state index in [-0.39, 0.29) is 6.54 Å². The number of rotatable bonds is 4. The van der Waals surface area contributed by atoms with E-state index in [9.17, 15) is 18.0 Å². The summed E-state index contributed by atoms with van der Waals surface area (Å²) in [5, 5.41) is 0. The van der Waals surface area contributed by atoms with Crippen molar-refractivity contribution in [2.24, 2.45) is 0 Å². The van der Waals surface area contributed by atoms with Gasteiger partial charge in [-0.3, -0.25) is 4.79 Å². The summed E-state index contributed by atoms with van der Waals surface area (Å²) in [5.74, 6) is -1.76. The predicted molar refractivity (Wildman–Crippen MR) is 51.5 cm³/mol. The van der Waals surface area contributed by atoms with Crippen LogP contribution in [0.15, 0.2) is 0 Å². The number of carbonyl (C=O) groups excluding carboxylic acids is 1. The summed E-state index contributed by atoms with van der Waals surface area (Å²) in [4.78, 5) is 13.6. The first-order chi connectivity index (χ1) is 6.70. The van der Waals surface area contributed by atoms with Crippen molar-refractivity contribution in [2.45, 2.75) is 26.1 Å². The monoisotopic (exact) mass is 226 g/mol. The molecule has 0 aromatic heterocycles. The fourth-order valence-corrected chi connectivity index (χ4v) is 1.45. The number of hydrogen-bond acceptors (Lipinski definition) is 2. The Balaban J connectivity index is 4.55. The van der Waals surface area contributed by atoms with Gasteiger partial charge in [0.1, 0.15) is 0 Å². The fourth-order valence-electron chi connectivity index (χ4n) is 1.45. The molecular formula is C9H17F3N2O. The van der Waals surface area contributed by atoms with Crippen LogP contribution < -0.4 is 0 Å². The van der Waals surface area contributed by atoms with E-state index in [1.54, 1.807) is 25.9 Å². The zero-order valence-electron chi connectivity index (χ0n) is 9.43. The average Bonchev–Trinajstić information content (AvgIpc) is 2.01. The molecule has 0 saturated carbocycles. The van der Waals surface area contributed by atoms with Crippen molar-refractivity contribution in [3.8, 4) is 0 Å². The lowest BCUT2D eigenvalue weighted by Crippen LogP contribution is -2.49. The maximum atomic E-state index is 12.2. The van der Waals surface area contributed by atoms with Crippen LogP contribution in [0, 0.1) is 0 Å². The quantitative estimate of drug-likeness (QED) is 0.722. The second-order valence-electron chi connectivity index (χ2n) is 3.70. The Morgan fingerprint density at radius 1 is 1.33 bits per heavy atom. The lowest BCUT2D eigenvalue weighted by molar-refractivity contribution is -0.187. The van der Waals surface area contributed by atoms with Crippen LogP contribution in [0.2, 0.25) is 0 Å². The van der Waals surface area contributed by atoms with Gasteiger partial charge in [0, 0.05) is 19.1 Å². The number of amides is 1. The van der Waals surface area contributed by atoms with Gasteiger partial charge in [-0.1, -0.05) is 0 Å². The van der Waals surface area contributed by atoms with Crippen LogP contribution in [0.4, 0.5) is 13.2 Å². The fraction of sp³-hybridized carbons (Fsp3) is 0.889. The van der Waals surface area contributed by atoms with Gasteiger partial charge in [0.05, 0.1) is 0 Å². The summed E-state index contributed by atoms with van der Waals surface area (Å²) in [7, 11) is 3.50. The van der Waals surface area contributed by atoms with Gasteiger partial charge < -0.3 is 9.80 Å². The van der Waals surface area contributed by atoms with Crippen molar-refractivity contribution in [1.29, 1.82) is 0 Å². The molecule has 0 aliphatic heterocycles. The molecule has 6 heteroatoms. The van der Waals surface area contributed by atoms with Crippen molar-refractivity contribution in [3.05, 3.63) is 0 Å². The molecule has 0 saturated heterocycles. The second-order valence-corrected chi connectivity index (χ2v) is 3.70. The molecule has 0 N–H and O–H groups in total. The molecule has 0 fully saturated rings. The Labute approximate surface area is 87.8 Å². The maximum absolute atomic E-state index is 12.2. The molecular weight excluding hydrogens is 209 g/mol. The molecule has 1 atom stereocenters. The third-order valence-electron chi connectivity index (χ3n) is 2.01. The molecule has 0 aromatic rings. The second kappa shape index (κ2) is 5.34. The van der Waals surface area contributed by atoms with E-state index < -0.39 is 18.1 Å². The van der Waals surface area contributed by atoms with E-state index in [0.29, 0.717) is 6.54 Å². The van der Waals surface area contributed by atoms with Crippen LogP contribution in [0.5, 0.6) is 0 Å². The van der Waals surface area contributed by atoms with Crippen molar-refractivity contribution < 1.29 is 18.0 Å². The third-order valence-corrected chi connectivity index (χ3v) is 2.01. The lowest BCUT2D eigenvalue weighted by atomic mass is 10.2. The minimum atomic E-state index is -4.78. The predicted octanol–water partition coefficient (Wildman–Crippen LogP) is 1.35. The summed E-state index contributed by atoms with van der Waals surface area (Å²) in [6.07, 6.45) is -4.78. The highest BCUT2D eigenvalue weighted by Gasteiger charge is 2.43. The number of hydrogen-bond donors (Lipinski definition) is 0. The number of carbonyl (C=O) groups is 1. The van der Waals surface area contributed by atoms with Gasteiger partial charge in [-0.05, 0) is 27.9 Å². The van der Waals surface area contributed by atoms with Crippen LogP contribution in [0.25, 0.3) is 0 Å². The Hall–Kier alpha value is -0.780. The number of nitrogens with zero attached hydrogens (tertiary/aromatic N) is 2. The van der Waals surface area contributed by atoms with E-state index in [1.807, 2.05) is 0 Å². The van der Waals surface area contributed by atoms with Crippen molar-refractivity contribution in [2.75, 3.05) is 27.2 Å². The lowest BCUT2D eigenvalue weighted by Gasteiger charge is -2.30. The molecule has 0 aliphatic carbocycles. The standard InChI is InChI=1S/C9H17F3N2O/c1-5-14(7(2)6-13(3)4)8(15)9(10,11)12/h7H,5-6H2,1-4H3. The van der Waals surface area contributed by atoms with Gasteiger partial charge in [0.15, 0.2) is 0 Å². The van der Waals surface area contributed by atoms with Crippen LogP contribution in [-0.4, -0.2) is 55.1 Å². The molecule has 0 radical (unpaired) electrons. The first-order valence-electron chi connectivity index (χ1n) is 4.72. The summed E-state index contributed by atoms with van der Waals surface area (Å²) < 4.78 is 36.5. The van der Waals surface area contributed by atoms with E-state index >= 15 is 0 Å². The topological polar surface area (TPSA) is 23.6 Å². The van der Waals surface area contributed by atoms with Crippen LogP contribution in [0.1, 0.15) is 13.8 Å². The van der Waals surface area contributed by atoms with E-state index in [4.69, 9.17) is 0 Å². The third kappa shape index (κ3) is 4.51. The molecule has 0 aliphatic rings. The van der Waals surface area contributed by atoms with Gasteiger partial charge in [-0.25, -0.2) is 0 Å². The van der Waals surface area contributed by atoms with E-state index in [2.05, 4.69) is 0 Å². The first kappa shape index (κ1) is 14.2. The minimum absolute atomic E-state index is 0.0628. The van der Waals surface area contributed by atoms with Crippen molar-refractivity contribution in [3.63, 3.8) is 0 Å². The van der Waals surface area contributed by atoms with Crippen LogP contribution >= 0.6 is 0 Å². The van der Waals surface area contributed by atoms with Crippen molar-refractivity contribution >= 4 is 5.91 Å². The van der Waals surface area contributed by atoms with Gasteiger partial charge in [-0.2, -0.15) is 13.2 Å². The largest absolute Gasteiger partial charge is 0.471 e. The summed E-state index contributed by atoms with van der Waals surface area (Å²) in [6.45, 7) is 3.62. The molecule has 3 nitrogen and oxygen atoms in total. The molecule has 0 heterocycles. The molecule has 1 unspecified atom stereocenters. The normalized spacial score (nSPS) is 14.1. The maximum Gasteiger partial charge on any atom is 0.471 e. The zero-order chi connectivity index (χ0) is 12.2. The van der Waals surface area contributed by atoms with Crippen LogP contribution in [-0.2, 0) is 4.79 Å². The number of halogens is 3. The summed E-state index contributed by atoms with van der Waals surface area (Å²) in [5.41, 5.74) is 0. The summed E-state index contributed by atoms with van der Waals surface area (Å²) in [6, 6.07) is -0.445. The highest BCUT2D eigenvalue weighted by Crippen LogP contribution is 2.19. The highest BCUT2D eigenvalue weighted by atomic mass is 19.4. The molecule has 1 amide bonds.